The van der Waals surface area contributed by atoms with Crippen molar-refractivity contribution >= 4 is 34.8 Å². The molecule has 1 saturated heterocycles. The molecule has 7 heteroatoms. The SMILES string of the molecule is O=C(N[C@H]1CC(=O)N(CCc2ccc(F)cc2)C1)c1ccc(Cl)s1. The highest BCUT2D eigenvalue weighted by atomic mass is 35.5. The molecule has 0 unspecified atom stereocenters. The summed E-state index contributed by atoms with van der Waals surface area (Å²) in [6.07, 6.45) is 0.960. The van der Waals surface area contributed by atoms with Crippen molar-refractivity contribution in [1.29, 1.82) is 0 Å². The van der Waals surface area contributed by atoms with Crippen molar-refractivity contribution < 1.29 is 14.0 Å². The first kappa shape index (κ1) is 16.9. The van der Waals surface area contributed by atoms with E-state index in [1.165, 1.54) is 23.5 Å². The molecule has 2 heterocycles. The van der Waals surface area contributed by atoms with E-state index >= 15 is 0 Å². The van der Waals surface area contributed by atoms with Crippen LogP contribution in [0.15, 0.2) is 36.4 Å². The monoisotopic (exact) mass is 366 g/mol. The van der Waals surface area contributed by atoms with Gasteiger partial charge in [0, 0.05) is 19.5 Å². The molecule has 1 fully saturated rings. The molecule has 3 rings (SSSR count). The van der Waals surface area contributed by atoms with Crippen molar-refractivity contribution in [3.63, 3.8) is 0 Å². The van der Waals surface area contributed by atoms with Gasteiger partial charge < -0.3 is 10.2 Å². The molecular formula is C17H16ClFN2O2S. The minimum atomic E-state index is -0.271. The summed E-state index contributed by atoms with van der Waals surface area (Å²) in [7, 11) is 0. The third-order valence-electron chi connectivity index (χ3n) is 3.93. The maximum atomic E-state index is 12.9. The molecule has 0 aliphatic carbocycles. The first-order valence-electron chi connectivity index (χ1n) is 7.59. The van der Waals surface area contributed by atoms with Gasteiger partial charge in [0.05, 0.1) is 15.3 Å². The summed E-state index contributed by atoms with van der Waals surface area (Å²) in [5.41, 5.74) is 0.977. The zero-order valence-electron chi connectivity index (χ0n) is 12.8. The van der Waals surface area contributed by atoms with E-state index < -0.39 is 0 Å². The predicted molar refractivity (Wildman–Crippen MR) is 91.9 cm³/mol. The second-order valence-corrected chi connectivity index (χ2v) is 7.41. The summed E-state index contributed by atoms with van der Waals surface area (Å²) in [5, 5.41) is 2.88. The third kappa shape index (κ3) is 4.13. The van der Waals surface area contributed by atoms with Crippen LogP contribution in [0, 0.1) is 5.82 Å². The molecule has 126 valence electrons. The highest BCUT2D eigenvalue weighted by Gasteiger charge is 2.30. The van der Waals surface area contributed by atoms with Crippen molar-refractivity contribution in [2.75, 3.05) is 13.1 Å². The Morgan fingerprint density at radius 3 is 2.71 bits per heavy atom. The molecule has 2 amide bonds. The molecule has 0 bridgehead atoms. The molecule has 24 heavy (non-hydrogen) atoms. The fourth-order valence-electron chi connectivity index (χ4n) is 2.69. The van der Waals surface area contributed by atoms with Gasteiger partial charge in [-0.2, -0.15) is 0 Å². The van der Waals surface area contributed by atoms with Gasteiger partial charge >= 0.3 is 0 Å². The quantitative estimate of drug-likeness (QED) is 0.883. The van der Waals surface area contributed by atoms with Gasteiger partial charge in [0.15, 0.2) is 0 Å². The topological polar surface area (TPSA) is 49.4 Å². The van der Waals surface area contributed by atoms with E-state index in [-0.39, 0.29) is 23.7 Å². The Morgan fingerprint density at radius 1 is 1.29 bits per heavy atom. The molecule has 0 radical (unpaired) electrons. The zero-order valence-corrected chi connectivity index (χ0v) is 14.4. The van der Waals surface area contributed by atoms with Crippen molar-refractivity contribution in [2.24, 2.45) is 0 Å². The van der Waals surface area contributed by atoms with Gasteiger partial charge in [-0.05, 0) is 36.2 Å². The molecule has 1 atom stereocenters. The number of hydrogen-bond donors (Lipinski definition) is 1. The van der Waals surface area contributed by atoms with Gasteiger partial charge in [0.1, 0.15) is 5.82 Å². The van der Waals surface area contributed by atoms with Gasteiger partial charge in [-0.25, -0.2) is 4.39 Å². The van der Waals surface area contributed by atoms with E-state index in [1.54, 1.807) is 29.2 Å². The largest absolute Gasteiger partial charge is 0.346 e. The predicted octanol–water partition coefficient (Wildman–Crippen LogP) is 3.11. The Bertz CT molecular complexity index is 747. The van der Waals surface area contributed by atoms with Crippen LogP contribution in [-0.4, -0.2) is 35.8 Å². The molecule has 4 nitrogen and oxygen atoms in total. The van der Waals surface area contributed by atoms with Crippen LogP contribution in [0.5, 0.6) is 0 Å². The van der Waals surface area contributed by atoms with Crippen molar-refractivity contribution in [1.82, 2.24) is 10.2 Å². The zero-order chi connectivity index (χ0) is 17.1. The number of hydrogen-bond acceptors (Lipinski definition) is 3. The lowest BCUT2D eigenvalue weighted by molar-refractivity contribution is -0.127. The van der Waals surface area contributed by atoms with E-state index in [0.29, 0.717) is 35.1 Å². The molecule has 1 aliphatic heterocycles. The van der Waals surface area contributed by atoms with Crippen LogP contribution in [0.2, 0.25) is 4.34 Å². The number of carbonyl (C=O) groups excluding carboxylic acids is 2. The molecule has 0 spiro atoms. The number of likely N-dealkylation sites (tertiary alicyclic amines) is 1. The summed E-state index contributed by atoms with van der Waals surface area (Å²) in [6, 6.07) is 9.42. The van der Waals surface area contributed by atoms with Crippen molar-refractivity contribution in [3.05, 3.63) is 57.0 Å². The Kier molecular flexibility index (Phi) is 5.16. The van der Waals surface area contributed by atoms with E-state index in [2.05, 4.69) is 5.32 Å². The normalized spacial score (nSPS) is 17.3. The average molecular weight is 367 g/mol. The first-order valence-corrected chi connectivity index (χ1v) is 8.79. The maximum Gasteiger partial charge on any atom is 0.261 e. The number of thiophene rings is 1. The number of amides is 2. The first-order chi connectivity index (χ1) is 11.5. The van der Waals surface area contributed by atoms with Crippen LogP contribution >= 0.6 is 22.9 Å². The third-order valence-corrected chi connectivity index (χ3v) is 5.16. The highest BCUT2D eigenvalue weighted by molar-refractivity contribution is 7.18. The Morgan fingerprint density at radius 2 is 2.04 bits per heavy atom. The number of nitrogens with one attached hydrogen (secondary N) is 1. The number of benzene rings is 1. The summed E-state index contributed by atoms with van der Waals surface area (Å²) in [6.45, 7) is 1.05. The molecule has 1 N–H and O–H groups in total. The second kappa shape index (κ2) is 7.32. The van der Waals surface area contributed by atoms with E-state index in [9.17, 15) is 14.0 Å². The number of nitrogens with zero attached hydrogens (tertiary/aromatic N) is 1. The molecule has 0 saturated carbocycles. The maximum absolute atomic E-state index is 12.9. The van der Waals surface area contributed by atoms with Gasteiger partial charge in [0.2, 0.25) is 5.91 Å². The Labute approximate surface area is 148 Å². The van der Waals surface area contributed by atoms with E-state index in [1.807, 2.05) is 0 Å². The molecule has 2 aromatic rings. The van der Waals surface area contributed by atoms with E-state index in [4.69, 9.17) is 11.6 Å². The summed E-state index contributed by atoms with van der Waals surface area (Å²) >= 11 is 7.04. The van der Waals surface area contributed by atoms with Crippen LogP contribution in [0.3, 0.4) is 0 Å². The van der Waals surface area contributed by atoms with Crippen molar-refractivity contribution in [2.45, 2.75) is 18.9 Å². The van der Waals surface area contributed by atoms with Gasteiger partial charge in [-0.3, -0.25) is 9.59 Å². The molecular weight excluding hydrogens is 351 g/mol. The minimum Gasteiger partial charge on any atom is -0.346 e. The van der Waals surface area contributed by atoms with Crippen molar-refractivity contribution in [3.8, 4) is 0 Å². The van der Waals surface area contributed by atoms with Gasteiger partial charge in [-0.1, -0.05) is 23.7 Å². The molecule has 1 aromatic heterocycles. The van der Waals surface area contributed by atoms with E-state index in [0.717, 1.165) is 5.56 Å². The lowest BCUT2D eigenvalue weighted by Crippen LogP contribution is -2.37. The van der Waals surface area contributed by atoms with Crippen LogP contribution < -0.4 is 5.32 Å². The summed E-state index contributed by atoms with van der Waals surface area (Å²) in [5.74, 6) is -0.454. The van der Waals surface area contributed by atoms with Gasteiger partial charge in [-0.15, -0.1) is 11.3 Å². The van der Waals surface area contributed by atoms with Crippen LogP contribution in [0.1, 0.15) is 21.7 Å². The molecule has 1 aromatic carbocycles. The second-order valence-electron chi connectivity index (χ2n) is 5.69. The smallest absolute Gasteiger partial charge is 0.261 e. The standard InChI is InChI=1S/C17H16ClFN2O2S/c18-15-6-5-14(24-15)17(23)20-13-9-16(22)21(10-13)8-7-11-1-3-12(19)4-2-11/h1-6,13H,7-10H2,(H,20,23)/t13-/m0/s1. The highest BCUT2D eigenvalue weighted by Crippen LogP contribution is 2.22. The Balaban J connectivity index is 1.51. The summed E-state index contributed by atoms with van der Waals surface area (Å²) in [4.78, 5) is 26.5. The van der Waals surface area contributed by atoms with Crippen LogP contribution in [0.4, 0.5) is 4.39 Å². The lowest BCUT2D eigenvalue weighted by atomic mass is 10.1. The minimum absolute atomic E-state index is 0.0200. The number of carbonyl (C=O) groups is 2. The fraction of sp³-hybridized carbons (Fsp3) is 0.294. The van der Waals surface area contributed by atoms with Crippen LogP contribution in [-0.2, 0) is 11.2 Å². The Hall–Kier alpha value is -1.92. The van der Waals surface area contributed by atoms with Gasteiger partial charge in [0.25, 0.3) is 5.91 Å². The fourth-order valence-corrected chi connectivity index (χ4v) is 3.64. The van der Waals surface area contributed by atoms with Crippen LogP contribution in [0.25, 0.3) is 0 Å². The number of rotatable bonds is 5. The molecule has 1 aliphatic rings. The lowest BCUT2D eigenvalue weighted by Gasteiger charge is -2.17. The number of halogens is 2. The summed E-state index contributed by atoms with van der Waals surface area (Å²) < 4.78 is 13.5. The average Bonchev–Trinajstić information content (AvgIpc) is 3.13.